The highest BCUT2D eigenvalue weighted by molar-refractivity contribution is 7.85. The van der Waals surface area contributed by atoms with Gasteiger partial charge in [0.1, 0.15) is 12.0 Å². The van der Waals surface area contributed by atoms with Crippen LogP contribution in [0, 0.1) is 0 Å². The number of fused-ring (bicyclic) bond motifs is 2. The van der Waals surface area contributed by atoms with E-state index in [1.807, 2.05) is 18.2 Å². The van der Waals surface area contributed by atoms with Gasteiger partial charge in [-0.05, 0) is 38.3 Å². The summed E-state index contributed by atoms with van der Waals surface area (Å²) in [6.45, 7) is -0.235. The van der Waals surface area contributed by atoms with Gasteiger partial charge >= 0.3 is 5.97 Å². The van der Waals surface area contributed by atoms with Gasteiger partial charge in [-0.3, -0.25) is 8.98 Å². The highest BCUT2D eigenvalue weighted by Crippen LogP contribution is 2.36. The Kier molecular flexibility index (Phi) is 5.46. The number of hydrogen-bond donors (Lipinski definition) is 0. The summed E-state index contributed by atoms with van der Waals surface area (Å²) in [6, 6.07) is 9.99. The van der Waals surface area contributed by atoms with E-state index in [4.69, 9.17) is 8.92 Å². The maximum atomic E-state index is 12.7. The van der Waals surface area contributed by atoms with E-state index in [9.17, 15) is 13.2 Å². The van der Waals surface area contributed by atoms with Crippen molar-refractivity contribution < 1.29 is 22.1 Å². The minimum Gasteiger partial charge on any atom is -0.462 e. The normalized spacial score (nSPS) is 27.8. The second kappa shape index (κ2) is 7.43. The van der Waals surface area contributed by atoms with Crippen molar-refractivity contribution in [1.82, 2.24) is 4.90 Å². The molecule has 2 bridgehead atoms. The Balaban J connectivity index is 1.69. The van der Waals surface area contributed by atoms with Gasteiger partial charge < -0.3 is 9.64 Å². The second-order valence-electron chi connectivity index (χ2n) is 7.03. The van der Waals surface area contributed by atoms with Gasteiger partial charge in [0.25, 0.3) is 10.1 Å². The molecule has 0 amide bonds. The predicted octanol–water partition coefficient (Wildman–Crippen LogP) is 1.91. The molecule has 2 aliphatic rings. The molecule has 2 heterocycles. The first kappa shape index (κ1) is 18.4. The highest BCUT2D eigenvalue weighted by atomic mass is 32.2. The number of benzene rings is 1. The van der Waals surface area contributed by atoms with E-state index in [2.05, 4.69) is 11.9 Å². The average molecular weight is 367 g/mol. The van der Waals surface area contributed by atoms with Crippen molar-refractivity contribution in [2.45, 2.75) is 49.8 Å². The van der Waals surface area contributed by atoms with E-state index in [1.165, 1.54) is 0 Å². The molecule has 7 heteroatoms. The zero-order valence-corrected chi connectivity index (χ0v) is 15.4. The summed E-state index contributed by atoms with van der Waals surface area (Å²) in [5.74, 6) is -1.16. The van der Waals surface area contributed by atoms with Crippen LogP contribution in [0.1, 0.15) is 37.2 Å². The van der Waals surface area contributed by atoms with Crippen molar-refractivity contribution >= 4 is 16.1 Å². The molecule has 0 spiro atoms. The van der Waals surface area contributed by atoms with Crippen molar-refractivity contribution in [3.63, 3.8) is 0 Å². The van der Waals surface area contributed by atoms with Gasteiger partial charge in [0, 0.05) is 12.1 Å². The summed E-state index contributed by atoms with van der Waals surface area (Å²) >= 11 is 0. The summed E-state index contributed by atoms with van der Waals surface area (Å²) in [5.41, 5.74) is 0.701. The first-order valence-corrected chi connectivity index (χ1v) is 10.5. The molecule has 6 nitrogen and oxygen atoms in total. The van der Waals surface area contributed by atoms with Gasteiger partial charge in [-0.15, -0.1) is 0 Å². The molecule has 0 saturated carbocycles. The molecule has 1 aromatic carbocycles. The molecule has 138 valence electrons. The quantitative estimate of drug-likeness (QED) is 0.565. The zero-order chi connectivity index (χ0) is 18.0. The summed E-state index contributed by atoms with van der Waals surface area (Å²) in [5, 5.41) is 0. The SMILES string of the molecule is CN1C2CCC1CC(OC(=O)[C@H](COS(C)(=O)=O)c1ccccc1)C2. The number of nitrogens with zero attached hydrogens (tertiary/aromatic N) is 1. The number of hydrogen-bond acceptors (Lipinski definition) is 6. The average Bonchev–Trinajstić information content (AvgIpc) is 2.77. The van der Waals surface area contributed by atoms with E-state index in [0.29, 0.717) is 17.6 Å². The number of rotatable bonds is 6. The summed E-state index contributed by atoms with van der Waals surface area (Å²) < 4.78 is 33.3. The van der Waals surface area contributed by atoms with Crippen LogP contribution in [0.3, 0.4) is 0 Å². The maximum absolute atomic E-state index is 12.7. The fraction of sp³-hybridized carbons (Fsp3) is 0.611. The molecule has 0 aromatic heterocycles. The minimum absolute atomic E-state index is 0.106. The highest BCUT2D eigenvalue weighted by Gasteiger charge is 2.40. The third kappa shape index (κ3) is 4.59. The molecule has 3 atom stereocenters. The Morgan fingerprint density at radius 3 is 2.36 bits per heavy atom. The molecule has 3 rings (SSSR count). The smallest absolute Gasteiger partial charge is 0.316 e. The van der Waals surface area contributed by atoms with Crippen LogP contribution in [0.5, 0.6) is 0 Å². The molecule has 2 saturated heterocycles. The van der Waals surface area contributed by atoms with Gasteiger partial charge in [-0.2, -0.15) is 8.42 Å². The number of esters is 1. The zero-order valence-electron chi connectivity index (χ0n) is 14.6. The van der Waals surface area contributed by atoms with Crippen LogP contribution in [-0.4, -0.2) is 57.4 Å². The first-order valence-electron chi connectivity index (χ1n) is 8.65. The van der Waals surface area contributed by atoms with E-state index in [0.717, 1.165) is 31.9 Å². The van der Waals surface area contributed by atoms with Gasteiger partial charge in [0.2, 0.25) is 0 Å². The Bertz CT molecular complexity index is 691. The third-order valence-corrected chi connectivity index (χ3v) is 5.84. The van der Waals surface area contributed by atoms with E-state index in [1.54, 1.807) is 12.1 Å². The molecule has 1 aromatic rings. The maximum Gasteiger partial charge on any atom is 0.316 e. The number of carbonyl (C=O) groups is 1. The number of carbonyl (C=O) groups excluding carboxylic acids is 1. The van der Waals surface area contributed by atoms with Gasteiger partial charge in [-0.25, -0.2) is 0 Å². The van der Waals surface area contributed by atoms with Crippen molar-refractivity contribution in [3.8, 4) is 0 Å². The number of ether oxygens (including phenoxy) is 1. The molecule has 25 heavy (non-hydrogen) atoms. The summed E-state index contributed by atoms with van der Waals surface area (Å²) in [7, 11) is -1.49. The van der Waals surface area contributed by atoms with E-state index < -0.39 is 22.0 Å². The molecule has 0 N–H and O–H groups in total. The van der Waals surface area contributed by atoms with Crippen LogP contribution < -0.4 is 0 Å². The van der Waals surface area contributed by atoms with Crippen molar-refractivity contribution in [2.24, 2.45) is 0 Å². The van der Waals surface area contributed by atoms with Crippen LogP contribution in [0.25, 0.3) is 0 Å². The minimum atomic E-state index is -3.62. The topological polar surface area (TPSA) is 72.9 Å². The lowest BCUT2D eigenvalue weighted by Gasteiger charge is -2.36. The molecule has 0 radical (unpaired) electrons. The Hall–Kier alpha value is -1.44. The monoisotopic (exact) mass is 367 g/mol. The fourth-order valence-corrected chi connectivity index (χ4v) is 4.26. The fourth-order valence-electron chi connectivity index (χ4n) is 3.88. The van der Waals surface area contributed by atoms with Gasteiger partial charge in [0.05, 0.1) is 12.9 Å². The van der Waals surface area contributed by atoms with E-state index in [-0.39, 0.29) is 12.7 Å². The summed E-state index contributed by atoms with van der Waals surface area (Å²) in [6.07, 6.45) is 4.85. The molecule has 2 fully saturated rings. The lowest BCUT2D eigenvalue weighted by molar-refractivity contribution is -0.155. The lowest BCUT2D eigenvalue weighted by atomic mass is 9.98. The van der Waals surface area contributed by atoms with Crippen LogP contribution in [0.4, 0.5) is 0 Å². The van der Waals surface area contributed by atoms with E-state index >= 15 is 0 Å². The van der Waals surface area contributed by atoms with Crippen LogP contribution in [0.2, 0.25) is 0 Å². The van der Waals surface area contributed by atoms with Crippen LogP contribution in [-0.2, 0) is 23.8 Å². The lowest BCUT2D eigenvalue weighted by Crippen LogP contribution is -2.44. The second-order valence-corrected chi connectivity index (χ2v) is 8.68. The standard InChI is InChI=1S/C18H25NO5S/c1-19-14-8-9-15(19)11-16(10-14)24-18(20)17(12-23-25(2,21)22)13-6-4-3-5-7-13/h3-7,14-17H,8-12H2,1-2H3/t14?,15?,16?,17-/m1/s1. The Morgan fingerprint density at radius 2 is 1.80 bits per heavy atom. The molecular formula is C18H25NO5S. The van der Waals surface area contributed by atoms with Crippen LogP contribution >= 0.6 is 0 Å². The Labute approximate surface area is 149 Å². The number of piperidine rings is 1. The largest absolute Gasteiger partial charge is 0.462 e. The van der Waals surface area contributed by atoms with Crippen molar-refractivity contribution in [3.05, 3.63) is 35.9 Å². The Morgan fingerprint density at radius 1 is 1.20 bits per heavy atom. The van der Waals surface area contributed by atoms with Gasteiger partial charge in [0.15, 0.2) is 0 Å². The predicted molar refractivity (Wildman–Crippen MR) is 93.7 cm³/mol. The van der Waals surface area contributed by atoms with Crippen molar-refractivity contribution in [1.29, 1.82) is 0 Å². The molecule has 2 unspecified atom stereocenters. The summed E-state index contributed by atoms with van der Waals surface area (Å²) in [4.78, 5) is 15.1. The molecule has 0 aliphatic carbocycles. The van der Waals surface area contributed by atoms with Crippen LogP contribution in [0.15, 0.2) is 30.3 Å². The third-order valence-electron chi connectivity index (χ3n) is 5.27. The molecule has 2 aliphatic heterocycles. The van der Waals surface area contributed by atoms with Gasteiger partial charge in [-0.1, -0.05) is 30.3 Å². The first-order chi connectivity index (χ1) is 11.8. The van der Waals surface area contributed by atoms with Crippen molar-refractivity contribution in [2.75, 3.05) is 19.9 Å². The molecular weight excluding hydrogens is 342 g/mol.